The van der Waals surface area contributed by atoms with E-state index in [9.17, 15) is 4.79 Å². The summed E-state index contributed by atoms with van der Waals surface area (Å²) in [5, 5.41) is 8.03. The molecule has 15 heavy (non-hydrogen) atoms. The summed E-state index contributed by atoms with van der Waals surface area (Å²) in [6.07, 6.45) is 0. The van der Waals surface area contributed by atoms with Crippen molar-refractivity contribution < 1.29 is 14.9 Å². The molecule has 0 radical (unpaired) electrons. The number of hydrogen-bond donors (Lipinski definition) is 1. The second kappa shape index (κ2) is 5.13. The van der Waals surface area contributed by atoms with Crippen LogP contribution in [-0.4, -0.2) is 40.9 Å². The van der Waals surface area contributed by atoms with Crippen molar-refractivity contribution in [3.63, 3.8) is 0 Å². The first-order chi connectivity index (χ1) is 7.00. The normalized spacial score (nSPS) is 12.5. The first kappa shape index (κ1) is 12.0. The number of carbonyl (C=O) groups is 1. The second-order valence-electron chi connectivity index (χ2n) is 3.38. The van der Waals surface area contributed by atoms with Crippen molar-refractivity contribution in [1.29, 1.82) is 0 Å². The molecule has 0 unspecified atom stereocenters. The number of aromatic nitrogens is 2. The molecule has 1 aromatic rings. The van der Waals surface area contributed by atoms with Crippen LogP contribution in [0.1, 0.15) is 18.9 Å². The summed E-state index contributed by atoms with van der Waals surface area (Å²) >= 11 is 1.24. The Morgan fingerprint density at radius 1 is 1.60 bits per heavy atom. The van der Waals surface area contributed by atoms with Crippen LogP contribution in [0, 0.1) is 0 Å². The Labute approximate surface area is 92.2 Å². The minimum absolute atomic E-state index is 0.0161. The molecule has 84 valence electrons. The maximum atomic E-state index is 11.3. The summed E-state index contributed by atoms with van der Waals surface area (Å²) in [6.45, 7) is 1.87. The number of rotatable bonds is 4. The van der Waals surface area contributed by atoms with E-state index in [0.29, 0.717) is 16.9 Å². The van der Waals surface area contributed by atoms with Crippen LogP contribution >= 0.6 is 11.8 Å². The number of thioether (sulfide) groups is 1. The molecule has 1 atom stereocenters. The monoisotopic (exact) mass is 231 g/mol. The molecule has 0 aromatic carbocycles. The van der Waals surface area contributed by atoms with E-state index in [1.54, 1.807) is 14.1 Å². The van der Waals surface area contributed by atoms with Crippen molar-refractivity contribution >= 4 is 17.7 Å². The fraction of sp³-hybridized carbons (Fsp3) is 0.625. The third-order valence-corrected chi connectivity index (χ3v) is 2.46. The molecule has 3 N–H and O–H groups in total. The van der Waals surface area contributed by atoms with Crippen molar-refractivity contribution in [2.24, 2.45) is 0 Å². The van der Waals surface area contributed by atoms with Gasteiger partial charge in [-0.15, -0.1) is 10.2 Å². The molecular weight excluding hydrogens is 216 g/mol. The van der Waals surface area contributed by atoms with Gasteiger partial charge < -0.3 is 15.1 Å². The molecule has 0 aliphatic rings. The van der Waals surface area contributed by atoms with Crippen LogP contribution in [0.5, 0.6) is 0 Å². The summed E-state index contributed by atoms with van der Waals surface area (Å²) in [6, 6.07) is -0.0311. The van der Waals surface area contributed by atoms with E-state index in [2.05, 4.69) is 15.9 Å². The molecule has 1 heterocycles. The maximum Gasteiger partial charge on any atom is 0.277 e. The summed E-state index contributed by atoms with van der Waals surface area (Å²) in [7, 11) is 3.42. The topological polar surface area (TPSA) is 86.9 Å². The first-order valence-corrected chi connectivity index (χ1v) is 5.48. The van der Waals surface area contributed by atoms with Gasteiger partial charge in [-0.2, -0.15) is 0 Å². The molecule has 0 aliphatic heterocycles. The predicted octanol–water partition coefficient (Wildman–Crippen LogP) is -0.447. The van der Waals surface area contributed by atoms with E-state index in [-0.39, 0.29) is 11.9 Å². The smallest absolute Gasteiger partial charge is 0.277 e. The number of nitrogens with zero attached hydrogens (tertiary/aromatic N) is 3. The third-order valence-electron chi connectivity index (χ3n) is 1.66. The van der Waals surface area contributed by atoms with E-state index < -0.39 is 0 Å². The van der Waals surface area contributed by atoms with Gasteiger partial charge in [-0.1, -0.05) is 11.8 Å². The summed E-state index contributed by atoms with van der Waals surface area (Å²) < 4.78 is 5.28. The molecule has 0 saturated carbocycles. The van der Waals surface area contributed by atoms with E-state index in [1.165, 1.54) is 16.7 Å². The lowest BCUT2D eigenvalue weighted by Crippen LogP contribution is -2.51. The van der Waals surface area contributed by atoms with Crippen LogP contribution in [0.3, 0.4) is 0 Å². The summed E-state index contributed by atoms with van der Waals surface area (Å²) in [5.74, 6) is 0.817. The van der Waals surface area contributed by atoms with Crippen molar-refractivity contribution in [2.75, 3.05) is 19.8 Å². The number of carbonyl (C=O) groups excluding carboxylic acids is 1. The van der Waals surface area contributed by atoms with Gasteiger partial charge in [0.15, 0.2) is 6.04 Å². The van der Waals surface area contributed by atoms with Gasteiger partial charge in [0.05, 0.1) is 5.75 Å². The highest BCUT2D eigenvalue weighted by molar-refractivity contribution is 7.99. The Bertz CT molecular complexity index is 337. The van der Waals surface area contributed by atoms with Crippen LogP contribution in [0.2, 0.25) is 0 Å². The van der Waals surface area contributed by atoms with Crippen molar-refractivity contribution in [2.45, 2.75) is 18.2 Å². The van der Waals surface area contributed by atoms with Gasteiger partial charge in [0.25, 0.3) is 11.1 Å². The molecule has 6 nitrogen and oxygen atoms in total. The standard InChI is InChI=1S/C8H14N4O2S/c1-5(9)7-10-11-8(14-7)15-4-6(13)12(2)3/h5H,4,9H2,1-3H3/p+1/t5-/m0/s1. The Kier molecular flexibility index (Phi) is 4.10. The van der Waals surface area contributed by atoms with Crippen LogP contribution in [0.4, 0.5) is 0 Å². The molecule has 7 heteroatoms. The highest BCUT2D eigenvalue weighted by Crippen LogP contribution is 2.17. The third kappa shape index (κ3) is 3.52. The lowest BCUT2D eigenvalue weighted by molar-refractivity contribution is -0.425. The van der Waals surface area contributed by atoms with Crippen molar-refractivity contribution in [3.8, 4) is 0 Å². The zero-order valence-corrected chi connectivity index (χ0v) is 9.87. The zero-order chi connectivity index (χ0) is 11.4. The first-order valence-electron chi connectivity index (χ1n) is 4.50. The highest BCUT2D eigenvalue weighted by atomic mass is 32.2. The van der Waals surface area contributed by atoms with Crippen LogP contribution < -0.4 is 5.73 Å². The van der Waals surface area contributed by atoms with Gasteiger partial charge in [0.2, 0.25) is 5.91 Å². The molecule has 0 bridgehead atoms. The van der Waals surface area contributed by atoms with E-state index in [1.807, 2.05) is 6.92 Å². The molecular formula is C8H15N4O2S+. The SMILES string of the molecule is C[C@H]([NH3+])c1nnc(SCC(=O)N(C)C)o1. The Morgan fingerprint density at radius 3 is 2.73 bits per heavy atom. The zero-order valence-electron chi connectivity index (χ0n) is 9.06. The van der Waals surface area contributed by atoms with Gasteiger partial charge in [0.1, 0.15) is 0 Å². The number of amides is 1. The van der Waals surface area contributed by atoms with Crippen LogP contribution in [0.15, 0.2) is 9.64 Å². The number of hydrogen-bond acceptors (Lipinski definition) is 5. The largest absolute Gasteiger partial charge is 0.410 e. The Morgan fingerprint density at radius 2 is 2.27 bits per heavy atom. The molecule has 0 saturated heterocycles. The van der Waals surface area contributed by atoms with Gasteiger partial charge in [-0.25, -0.2) is 0 Å². The fourth-order valence-electron chi connectivity index (χ4n) is 0.730. The summed E-state index contributed by atoms with van der Waals surface area (Å²) in [5.41, 5.74) is 3.76. The molecule has 1 aromatic heterocycles. The average molecular weight is 231 g/mol. The minimum atomic E-state index is -0.0311. The molecule has 0 spiro atoms. The number of quaternary nitrogens is 1. The van der Waals surface area contributed by atoms with Crippen LogP contribution in [-0.2, 0) is 4.79 Å². The van der Waals surface area contributed by atoms with Gasteiger partial charge >= 0.3 is 0 Å². The van der Waals surface area contributed by atoms with Crippen LogP contribution in [0.25, 0.3) is 0 Å². The Balaban J connectivity index is 2.48. The van der Waals surface area contributed by atoms with Crippen molar-refractivity contribution in [3.05, 3.63) is 5.89 Å². The second-order valence-corrected chi connectivity index (χ2v) is 4.31. The van der Waals surface area contributed by atoms with Crippen molar-refractivity contribution in [1.82, 2.24) is 15.1 Å². The van der Waals surface area contributed by atoms with E-state index in [4.69, 9.17) is 4.42 Å². The maximum absolute atomic E-state index is 11.3. The Hall–Kier alpha value is -1.08. The van der Waals surface area contributed by atoms with Gasteiger partial charge in [-0.05, 0) is 6.92 Å². The molecule has 0 aliphatic carbocycles. The minimum Gasteiger partial charge on any atom is -0.410 e. The van der Waals surface area contributed by atoms with Gasteiger partial charge in [0, 0.05) is 14.1 Å². The average Bonchev–Trinajstić information content (AvgIpc) is 2.62. The quantitative estimate of drug-likeness (QED) is 0.709. The lowest BCUT2D eigenvalue weighted by Gasteiger charge is -2.07. The molecule has 1 amide bonds. The fourth-order valence-corrected chi connectivity index (χ4v) is 1.48. The lowest BCUT2D eigenvalue weighted by atomic mass is 10.4. The molecule has 0 fully saturated rings. The van der Waals surface area contributed by atoms with Gasteiger partial charge in [-0.3, -0.25) is 4.79 Å². The van der Waals surface area contributed by atoms with E-state index >= 15 is 0 Å². The predicted molar refractivity (Wildman–Crippen MR) is 55.0 cm³/mol. The molecule has 1 rings (SSSR count). The van der Waals surface area contributed by atoms with E-state index in [0.717, 1.165) is 0 Å². The summed E-state index contributed by atoms with van der Waals surface area (Å²) in [4.78, 5) is 12.8. The highest BCUT2D eigenvalue weighted by Gasteiger charge is 2.14.